The average molecular weight is 425 g/mol. The minimum Gasteiger partial charge on any atom is -0.170 e. The summed E-state index contributed by atoms with van der Waals surface area (Å²) in [4.78, 5) is 0. The lowest BCUT2D eigenvalue weighted by atomic mass is 9.65. The van der Waals surface area contributed by atoms with Crippen LogP contribution in [0.3, 0.4) is 0 Å². The molecule has 2 rings (SSSR count). The molecule has 0 saturated carbocycles. The van der Waals surface area contributed by atoms with Crippen LogP contribution in [-0.2, 0) is 17.8 Å². The molecule has 3 atom stereocenters. The highest BCUT2D eigenvalue weighted by molar-refractivity contribution is 6.23. The molecule has 0 N–H and O–H groups in total. The topological polar surface area (TPSA) is 0 Å². The maximum absolute atomic E-state index is 14.1. The van der Waals surface area contributed by atoms with Crippen molar-refractivity contribution in [3.05, 3.63) is 46.5 Å². The number of hydrogen-bond donors (Lipinski definition) is 0. The molecule has 1 aromatic carbocycles. The number of alkyl halides is 10. The van der Waals surface area contributed by atoms with Crippen LogP contribution < -0.4 is 0 Å². The van der Waals surface area contributed by atoms with Crippen molar-refractivity contribution >= 4 is 11.6 Å². The molecule has 1 aliphatic carbocycles. The maximum atomic E-state index is 14.1. The normalized spacial score (nSPS) is 27.5. The monoisotopic (exact) mass is 424 g/mol. The summed E-state index contributed by atoms with van der Waals surface area (Å²) in [6.07, 6.45) is -15.0. The first kappa shape index (κ1) is 21.9. The molecule has 1 aliphatic rings. The Balaban J connectivity index is 2.87. The molecule has 10 heteroatoms. The molecule has 152 valence electrons. The third-order valence-corrected chi connectivity index (χ3v) is 5.35. The Morgan fingerprint density at radius 1 is 0.889 bits per heavy atom. The molecular formula is C17H14ClF9. The standard InChI is InChI=1S/C17H14ClF9/c1-8-3-9(2)13(18)14(7-8,17(25,26)27)10-4-11(15(19,20)21)6-12(5-10)16(22,23)24/h3-6,8,13H,7H2,1-2H3. The smallest absolute Gasteiger partial charge is 0.170 e. The van der Waals surface area contributed by atoms with Gasteiger partial charge in [0.2, 0.25) is 0 Å². The van der Waals surface area contributed by atoms with E-state index < -0.39 is 58.4 Å². The van der Waals surface area contributed by atoms with Gasteiger partial charge in [0, 0.05) is 0 Å². The number of halogens is 10. The van der Waals surface area contributed by atoms with Gasteiger partial charge in [-0.05, 0) is 43.0 Å². The van der Waals surface area contributed by atoms with E-state index in [2.05, 4.69) is 0 Å². The second kappa shape index (κ2) is 6.60. The molecule has 0 heterocycles. The number of benzene rings is 1. The summed E-state index contributed by atoms with van der Waals surface area (Å²) in [5.74, 6) is -0.745. The molecule has 0 radical (unpaired) electrons. The Morgan fingerprint density at radius 2 is 1.33 bits per heavy atom. The van der Waals surface area contributed by atoms with E-state index in [1.165, 1.54) is 19.9 Å². The summed E-state index contributed by atoms with van der Waals surface area (Å²) in [5, 5.41) is -1.83. The number of allylic oxidation sites excluding steroid dienone is 2. The molecule has 0 saturated heterocycles. The highest BCUT2D eigenvalue weighted by Gasteiger charge is 2.62. The summed E-state index contributed by atoms with van der Waals surface area (Å²) < 4.78 is 121. The van der Waals surface area contributed by atoms with Crippen LogP contribution in [0.15, 0.2) is 29.8 Å². The minimum absolute atomic E-state index is 0.0405. The van der Waals surface area contributed by atoms with Crippen LogP contribution >= 0.6 is 11.6 Å². The zero-order valence-corrected chi connectivity index (χ0v) is 14.7. The summed E-state index contributed by atoms with van der Waals surface area (Å²) in [7, 11) is 0. The zero-order valence-electron chi connectivity index (χ0n) is 14.0. The van der Waals surface area contributed by atoms with Gasteiger partial charge in [-0.3, -0.25) is 0 Å². The minimum atomic E-state index is -5.25. The lowest BCUT2D eigenvalue weighted by molar-refractivity contribution is -0.195. The van der Waals surface area contributed by atoms with Gasteiger partial charge in [0.05, 0.1) is 16.5 Å². The second-order valence-electron chi connectivity index (χ2n) is 6.72. The highest BCUT2D eigenvalue weighted by Crippen LogP contribution is 2.55. The first-order chi connectivity index (χ1) is 12.0. The number of rotatable bonds is 1. The van der Waals surface area contributed by atoms with Crippen LogP contribution in [0.4, 0.5) is 39.5 Å². The van der Waals surface area contributed by atoms with E-state index in [1.807, 2.05) is 0 Å². The predicted octanol–water partition coefficient (Wildman–Crippen LogP) is 7.12. The first-order valence-corrected chi connectivity index (χ1v) is 8.13. The lowest BCUT2D eigenvalue weighted by Crippen LogP contribution is -2.52. The Morgan fingerprint density at radius 3 is 1.70 bits per heavy atom. The van der Waals surface area contributed by atoms with Crippen molar-refractivity contribution in [1.29, 1.82) is 0 Å². The van der Waals surface area contributed by atoms with Crippen molar-refractivity contribution in [2.75, 3.05) is 0 Å². The van der Waals surface area contributed by atoms with Gasteiger partial charge in [-0.25, -0.2) is 0 Å². The Bertz CT molecular complexity index is 710. The third kappa shape index (κ3) is 3.93. The Hall–Kier alpha value is -1.38. The molecule has 0 aromatic heterocycles. The van der Waals surface area contributed by atoms with Crippen molar-refractivity contribution in [1.82, 2.24) is 0 Å². The molecule has 0 fully saturated rings. The number of hydrogen-bond acceptors (Lipinski definition) is 0. The fraction of sp³-hybridized carbons (Fsp3) is 0.529. The molecule has 0 aliphatic heterocycles. The fourth-order valence-corrected chi connectivity index (χ4v) is 3.90. The first-order valence-electron chi connectivity index (χ1n) is 7.69. The van der Waals surface area contributed by atoms with E-state index >= 15 is 0 Å². The SMILES string of the molecule is CC1=CC(C)CC(c2cc(C(F)(F)F)cc(C(F)(F)F)c2)(C(F)(F)F)C1Cl. The van der Waals surface area contributed by atoms with E-state index in [1.54, 1.807) is 0 Å². The fourth-order valence-electron chi connectivity index (χ4n) is 3.49. The molecule has 1 aromatic rings. The van der Waals surface area contributed by atoms with Gasteiger partial charge in [0.15, 0.2) is 0 Å². The van der Waals surface area contributed by atoms with Crippen LogP contribution in [0.5, 0.6) is 0 Å². The van der Waals surface area contributed by atoms with Crippen molar-refractivity contribution in [2.45, 2.75) is 49.6 Å². The van der Waals surface area contributed by atoms with E-state index in [0.29, 0.717) is 0 Å². The van der Waals surface area contributed by atoms with Gasteiger partial charge in [-0.15, -0.1) is 11.6 Å². The van der Waals surface area contributed by atoms with E-state index in [-0.39, 0.29) is 23.8 Å². The van der Waals surface area contributed by atoms with Crippen molar-refractivity contribution < 1.29 is 39.5 Å². The molecule has 0 amide bonds. The molecule has 0 spiro atoms. The zero-order chi connectivity index (χ0) is 21.0. The van der Waals surface area contributed by atoms with Crippen LogP contribution in [-0.4, -0.2) is 11.6 Å². The quantitative estimate of drug-likeness (QED) is 0.256. The van der Waals surface area contributed by atoms with Crippen LogP contribution in [0.2, 0.25) is 0 Å². The summed E-state index contributed by atoms with van der Waals surface area (Å²) in [6, 6.07) is 0.0264. The highest BCUT2D eigenvalue weighted by atomic mass is 35.5. The van der Waals surface area contributed by atoms with E-state index in [4.69, 9.17) is 11.6 Å². The maximum Gasteiger partial charge on any atom is 0.416 e. The average Bonchev–Trinajstić information content (AvgIpc) is 2.47. The summed E-state index contributed by atoms with van der Waals surface area (Å²) >= 11 is 5.96. The van der Waals surface area contributed by atoms with Crippen molar-refractivity contribution in [3.63, 3.8) is 0 Å². The van der Waals surface area contributed by atoms with Gasteiger partial charge in [-0.1, -0.05) is 18.6 Å². The van der Waals surface area contributed by atoms with Gasteiger partial charge >= 0.3 is 18.5 Å². The van der Waals surface area contributed by atoms with Gasteiger partial charge in [0.25, 0.3) is 0 Å². The van der Waals surface area contributed by atoms with Crippen LogP contribution in [0.25, 0.3) is 0 Å². The molecule has 0 nitrogen and oxygen atoms in total. The molecule has 3 unspecified atom stereocenters. The second-order valence-corrected chi connectivity index (χ2v) is 7.15. The van der Waals surface area contributed by atoms with Crippen LogP contribution in [0.1, 0.15) is 37.0 Å². The van der Waals surface area contributed by atoms with Gasteiger partial charge < -0.3 is 0 Å². The van der Waals surface area contributed by atoms with E-state index in [9.17, 15) is 39.5 Å². The van der Waals surface area contributed by atoms with Gasteiger partial charge in [0.1, 0.15) is 5.41 Å². The van der Waals surface area contributed by atoms with E-state index in [0.717, 1.165) is 0 Å². The summed E-state index contributed by atoms with van der Waals surface area (Å²) in [5.41, 5.74) is -7.79. The molecule has 27 heavy (non-hydrogen) atoms. The third-order valence-electron chi connectivity index (χ3n) is 4.63. The largest absolute Gasteiger partial charge is 0.416 e. The van der Waals surface area contributed by atoms with Gasteiger partial charge in [-0.2, -0.15) is 39.5 Å². The Labute approximate surface area is 154 Å². The Kier molecular flexibility index (Phi) is 5.36. The molecule has 0 bridgehead atoms. The lowest BCUT2D eigenvalue weighted by Gasteiger charge is -2.45. The van der Waals surface area contributed by atoms with Crippen molar-refractivity contribution in [3.8, 4) is 0 Å². The van der Waals surface area contributed by atoms with Crippen molar-refractivity contribution in [2.24, 2.45) is 5.92 Å². The predicted molar refractivity (Wildman–Crippen MR) is 81.4 cm³/mol. The molecular weight excluding hydrogens is 411 g/mol. The van der Waals surface area contributed by atoms with Crippen LogP contribution in [0, 0.1) is 5.92 Å². The summed E-state index contributed by atoms with van der Waals surface area (Å²) in [6.45, 7) is 2.66.